The summed E-state index contributed by atoms with van der Waals surface area (Å²) in [5, 5.41) is 7.06. The number of alkyl halides is 5. The molecular formula is C21H27ClF5N5O2. The van der Waals surface area contributed by atoms with Gasteiger partial charge in [0.15, 0.2) is 5.65 Å². The molecular weight excluding hydrogens is 485 g/mol. The van der Waals surface area contributed by atoms with Crippen LogP contribution < -0.4 is 11.1 Å². The maximum absolute atomic E-state index is 13.5. The third-order valence-electron chi connectivity index (χ3n) is 6.24. The number of carbonyl (C=O) groups is 1. The minimum absolute atomic E-state index is 0. The number of nitrogens with two attached hydrogens (primary N) is 1. The van der Waals surface area contributed by atoms with Crippen molar-refractivity contribution in [2.75, 3.05) is 13.2 Å². The van der Waals surface area contributed by atoms with Crippen LogP contribution in [0.4, 0.5) is 22.0 Å². The van der Waals surface area contributed by atoms with Gasteiger partial charge >= 0.3 is 6.18 Å². The van der Waals surface area contributed by atoms with E-state index in [0.717, 1.165) is 12.8 Å². The number of nitrogens with one attached hydrogen (secondary N) is 1. The summed E-state index contributed by atoms with van der Waals surface area (Å²) in [6.45, 7) is -2.18. The van der Waals surface area contributed by atoms with E-state index in [1.54, 1.807) is 18.5 Å². The van der Waals surface area contributed by atoms with Gasteiger partial charge < -0.3 is 15.8 Å². The standard InChI is InChI=1S/C21H26F5N5O2.ClH/c22-20(23)5-3-12(4-6-20)18(27)15-9-31-16(29-15)7-14(8-28-31)19(13-1-2-13)30-17(32)10-33-11-21(24,25)26;/h7-9,12-13,18-19H,1-6,10-11,27H2,(H,30,32);1H/t18-,19+;/m0./s1. The number of aromatic nitrogens is 3. The highest BCUT2D eigenvalue weighted by molar-refractivity contribution is 5.85. The Hall–Kier alpha value is -2.05. The Bertz CT molecular complexity index is 988. The first-order valence-corrected chi connectivity index (χ1v) is 10.9. The van der Waals surface area contributed by atoms with E-state index in [1.165, 1.54) is 4.52 Å². The van der Waals surface area contributed by atoms with Gasteiger partial charge in [0, 0.05) is 12.8 Å². The number of ether oxygens (including phenoxy) is 1. The van der Waals surface area contributed by atoms with E-state index in [2.05, 4.69) is 20.1 Å². The molecule has 0 bridgehead atoms. The predicted octanol–water partition coefficient (Wildman–Crippen LogP) is 4.12. The average molecular weight is 512 g/mol. The molecule has 3 N–H and O–H groups in total. The number of rotatable bonds is 8. The van der Waals surface area contributed by atoms with Crippen LogP contribution in [0.15, 0.2) is 18.5 Å². The van der Waals surface area contributed by atoms with E-state index >= 15 is 0 Å². The number of fused-ring (bicyclic) bond motifs is 1. The molecule has 2 atom stereocenters. The SMILES string of the molecule is Cl.N[C@H](c1cn2ncc([C@H](NC(=O)COCC(F)(F)F)C3CC3)cc2n1)C1CCC(F)(F)CC1. The molecule has 1 amide bonds. The second-order valence-electron chi connectivity index (χ2n) is 8.97. The lowest BCUT2D eigenvalue weighted by Crippen LogP contribution is -2.34. The Labute approximate surface area is 199 Å². The van der Waals surface area contributed by atoms with Crippen molar-refractivity contribution in [1.82, 2.24) is 19.9 Å². The molecule has 0 spiro atoms. The minimum Gasteiger partial charge on any atom is -0.362 e. The largest absolute Gasteiger partial charge is 0.411 e. The highest BCUT2D eigenvalue weighted by atomic mass is 35.5. The zero-order valence-corrected chi connectivity index (χ0v) is 19.0. The summed E-state index contributed by atoms with van der Waals surface area (Å²) in [5.41, 5.74) is 8.05. The van der Waals surface area contributed by atoms with Crippen molar-refractivity contribution in [1.29, 1.82) is 0 Å². The van der Waals surface area contributed by atoms with Crippen molar-refractivity contribution in [3.8, 4) is 0 Å². The molecule has 2 fully saturated rings. The molecule has 7 nitrogen and oxygen atoms in total. The lowest BCUT2D eigenvalue weighted by atomic mass is 9.81. The smallest absolute Gasteiger partial charge is 0.362 e. The van der Waals surface area contributed by atoms with Gasteiger partial charge in [-0.05, 0) is 49.1 Å². The maximum Gasteiger partial charge on any atom is 0.411 e. The van der Waals surface area contributed by atoms with Gasteiger partial charge in [-0.25, -0.2) is 18.3 Å². The zero-order chi connectivity index (χ0) is 23.8. The number of imidazole rings is 1. The lowest BCUT2D eigenvalue weighted by Gasteiger charge is -2.31. The number of halogens is 6. The molecule has 0 radical (unpaired) electrons. The summed E-state index contributed by atoms with van der Waals surface area (Å²) in [7, 11) is 0. The monoisotopic (exact) mass is 511 g/mol. The van der Waals surface area contributed by atoms with Gasteiger partial charge in [-0.15, -0.1) is 12.4 Å². The summed E-state index contributed by atoms with van der Waals surface area (Å²) >= 11 is 0. The molecule has 190 valence electrons. The first-order chi connectivity index (χ1) is 15.5. The van der Waals surface area contributed by atoms with Gasteiger partial charge in [-0.1, -0.05) is 0 Å². The number of hydrogen-bond acceptors (Lipinski definition) is 5. The molecule has 2 aliphatic rings. The van der Waals surface area contributed by atoms with Crippen molar-refractivity contribution in [3.05, 3.63) is 29.7 Å². The van der Waals surface area contributed by atoms with Crippen LogP contribution in [0.25, 0.3) is 5.65 Å². The van der Waals surface area contributed by atoms with Gasteiger partial charge in [-0.2, -0.15) is 18.3 Å². The Morgan fingerprint density at radius 3 is 2.53 bits per heavy atom. The fourth-order valence-electron chi connectivity index (χ4n) is 4.28. The molecule has 2 aromatic heterocycles. The molecule has 0 saturated heterocycles. The van der Waals surface area contributed by atoms with E-state index < -0.39 is 43.3 Å². The van der Waals surface area contributed by atoms with Gasteiger partial charge in [0.1, 0.15) is 13.2 Å². The van der Waals surface area contributed by atoms with Crippen molar-refractivity contribution < 1.29 is 31.5 Å². The van der Waals surface area contributed by atoms with Crippen molar-refractivity contribution in [2.24, 2.45) is 17.6 Å². The average Bonchev–Trinajstić information content (AvgIpc) is 3.48. The highest BCUT2D eigenvalue weighted by Gasteiger charge is 2.38. The molecule has 4 rings (SSSR count). The van der Waals surface area contributed by atoms with Gasteiger partial charge in [0.2, 0.25) is 11.8 Å². The van der Waals surface area contributed by atoms with Gasteiger partial charge in [-0.3, -0.25) is 4.79 Å². The summed E-state index contributed by atoms with van der Waals surface area (Å²) in [4.78, 5) is 16.6. The van der Waals surface area contributed by atoms with E-state index in [9.17, 15) is 26.7 Å². The van der Waals surface area contributed by atoms with Crippen LogP contribution in [0.1, 0.15) is 61.9 Å². The first-order valence-electron chi connectivity index (χ1n) is 10.9. The van der Waals surface area contributed by atoms with Crippen LogP contribution in [-0.4, -0.2) is 45.8 Å². The second-order valence-corrected chi connectivity index (χ2v) is 8.97. The molecule has 2 aliphatic carbocycles. The fraction of sp³-hybridized carbons (Fsp3) is 0.667. The fourth-order valence-corrected chi connectivity index (χ4v) is 4.28. The quantitative estimate of drug-likeness (QED) is 0.520. The molecule has 0 aliphatic heterocycles. The Morgan fingerprint density at radius 2 is 1.91 bits per heavy atom. The van der Waals surface area contributed by atoms with Crippen LogP contribution in [0, 0.1) is 11.8 Å². The first kappa shape index (κ1) is 26.6. The van der Waals surface area contributed by atoms with Crippen molar-refractivity contribution in [2.45, 2.75) is 62.7 Å². The Morgan fingerprint density at radius 1 is 1.24 bits per heavy atom. The third-order valence-corrected chi connectivity index (χ3v) is 6.24. The van der Waals surface area contributed by atoms with Crippen LogP contribution in [0.3, 0.4) is 0 Å². The summed E-state index contributed by atoms with van der Waals surface area (Å²) in [5.74, 6) is -3.21. The molecule has 34 heavy (non-hydrogen) atoms. The summed E-state index contributed by atoms with van der Waals surface area (Å²) in [6.07, 6.45) is 0.778. The highest BCUT2D eigenvalue weighted by Crippen LogP contribution is 2.42. The molecule has 0 unspecified atom stereocenters. The number of carbonyl (C=O) groups excluding carboxylic acids is 1. The molecule has 2 aromatic rings. The van der Waals surface area contributed by atoms with Gasteiger partial charge in [0.25, 0.3) is 0 Å². The van der Waals surface area contributed by atoms with Crippen molar-refractivity contribution >= 4 is 24.0 Å². The van der Waals surface area contributed by atoms with Gasteiger partial charge in [0.05, 0.1) is 30.2 Å². The molecule has 2 saturated carbocycles. The van der Waals surface area contributed by atoms with Crippen LogP contribution >= 0.6 is 12.4 Å². The van der Waals surface area contributed by atoms with Crippen LogP contribution in [0.5, 0.6) is 0 Å². The van der Waals surface area contributed by atoms with E-state index in [0.29, 0.717) is 29.7 Å². The lowest BCUT2D eigenvalue weighted by molar-refractivity contribution is -0.175. The summed E-state index contributed by atoms with van der Waals surface area (Å²) in [6, 6.07) is 0.841. The Balaban J connectivity index is 0.00000324. The van der Waals surface area contributed by atoms with Crippen LogP contribution in [-0.2, 0) is 9.53 Å². The third kappa shape index (κ3) is 6.76. The topological polar surface area (TPSA) is 94.5 Å². The normalized spacial score (nSPS) is 20.5. The minimum atomic E-state index is -4.50. The van der Waals surface area contributed by atoms with E-state index in [-0.39, 0.29) is 37.1 Å². The predicted molar refractivity (Wildman–Crippen MR) is 115 cm³/mol. The van der Waals surface area contributed by atoms with E-state index in [1.807, 2.05) is 0 Å². The zero-order valence-electron chi connectivity index (χ0n) is 18.2. The second kappa shape index (κ2) is 10.3. The van der Waals surface area contributed by atoms with E-state index in [4.69, 9.17) is 5.73 Å². The maximum atomic E-state index is 13.5. The van der Waals surface area contributed by atoms with Crippen LogP contribution in [0.2, 0.25) is 0 Å². The molecule has 0 aromatic carbocycles. The van der Waals surface area contributed by atoms with Crippen molar-refractivity contribution in [3.63, 3.8) is 0 Å². The summed E-state index contributed by atoms with van der Waals surface area (Å²) < 4.78 is 69.5. The number of nitrogens with zero attached hydrogens (tertiary/aromatic N) is 3. The number of hydrogen-bond donors (Lipinski definition) is 2. The molecule has 2 heterocycles. The Kier molecular flexibility index (Phi) is 8.03. The molecule has 13 heteroatoms. The number of amides is 1.